The van der Waals surface area contributed by atoms with Crippen molar-refractivity contribution in [2.75, 3.05) is 47.2 Å². The number of carbonyl (C=O) groups is 1. The number of nitrogens with zero attached hydrogens (tertiary/aromatic N) is 4. The van der Waals surface area contributed by atoms with Crippen LogP contribution in [-0.4, -0.2) is 52.8 Å². The van der Waals surface area contributed by atoms with Crippen LogP contribution in [0.5, 0.6) is 5.75 Å². The van der Waals surface area contributed by atoms with Gasteiger partial charge in [0.1, 0.15) is 5.82 Å². The fourth-order valence-corrected chi connectivity index (χ4v) is 3.61. The molecule has 0 saturated carbocycles. The summed E-state index contributed by atoms with van der Waals surface area (Å²) in [5.41, 5.74) is 0.877. The number of aromatic nitrogens is 3. The van der Waals surface area contributed by atoms with Gasteiger partial charge in [0.25, 0.3) is 5.91 Å². The Balaban J connectivity index is 0.00000289. The first kappa shape index (κ1) is 24.1. The van der Waals surface area contributed by atoms with Gasteiger partial charge in [-0.1, -0.05) is 7.43 Å². The SMILES string of the molecule is C.CC1(C)Oc2ccc(Nc3nc(Nc4ccc(N5CCOCC5)cc4)ncc3F)nc2NC1=O. The fraction of sp³-hybridized carbons (Fsp3) is 0.333. The van der Waals surface area contributed by atoms with Crippen molar-refractivity contribution in [1.82, 2.24) is 15.0 Å². The highest BCUT2D eigenvalue weighted by molar-refractivity contribution is 5.99. The number of pyridine rings is 1. The molecule has 1 aromatic carbocycles. The minimum absolute atomic E-state index is 0. The van der Waals surface area contributed by atoms with Crippen LogP contribution in [0.2, 0.25) is 0 Å². The summed E-state index contributed by atoms with van der Waals surface area (Å²) in [4.78, 5) is 26.9. The predicted molar refractivity (Wildman–Crippen MR) is 132 cm³/mol. The van der Waals surface area contributed by atoms with E-state index in [-0.39, 0.29) is 30.9 Å². The highest BCUT2D eigenvalue weighted by Crippen LogP contribution is 2.33. The molecule has 5 rings (SSSR count). The molecule has 2 aliphatic rings. The number of hydrogen-bond donors (Lipinski definition) is 3. The number of halogens is 1. The van der Waals surface area contributed by atoms with Crippen LogP contribution in [0.15, 0.2) is 42.6 Å². The average molecular weight is 482 g/mol. The van der Waals surface area contributed by atoms with E-state index in [1.54, 1.807) is 26.0 Å². The fourth-order valence-electron chi connectivity index (χ4n) is 3.61. The van der Waals surface area contributed by atoms with Crippen LogP contribution >= 0.6 is 0 Å². The molecule has 0 aliphatic carbocycles. The van der Waals surface area contributed by atoms with Crippen LogP contribution in [-0.2, 0) is 9.53 Å². The largest absolute Gasteiger partial charge is 0.474 e. The summed E-state index contributed by atoms with van der Waals surface area (Å²) in [5.74, 6) is 0.181. The second-order valence-corrected chi connectivity index (χ2v) is 8.40. The highest BCUT2D eigenvalue weighted by atomic mass is 19.1. The Hall–Kier alpha value is -3.99. The summed E-state index contributed by atoms with van der Waals surface area (Å²) >= 11 is 0. The molecule has 3 aromatic rings. The zero-order valence-corrected chi connectivity index (χ0v) is 18.8. The number of amides is 1. The van der Waals surface area contributed by atoms with E-state index in [0.29, 0.717) is 11.6 Å². The lowest BCUT2D eigenvalue weighted by molar-refractivity contribution is -0.129. The number of ether oxygens (including phenoxy) is 2. The maximum atomic E-state index is 14.4. The standard InChI is InChI=1S/C23H24FN7O3.CH4/c1-23(2)21(32)29-20-17(34-23)7-8-18(28-20)27-19-16(24)13-25-22(30-19)26-14-3-5-15(6-4-14)31-9-11-33-12-10-31;/h3-8,13H,9-12H2,1-2H3,(H3,25,26,27,28,29,30,32);1H4. The number of fused-ring (bicyclic) bond motifs is 1. The summed E-state index contributed by atoms with van der Waals surface area (Å²) in [7, 11) is 0. The number of hydrogen-bond acceptors (Lipinski definition) is 9. The summed E-state index contributed by atoms with van der Waals surface area (Å²) in [6.07, 6.45) is 1.07. The minimum atomic E-state index is -0.997. The Morgan fingerprint density at radius 3 is 2.54 bits per heavy atom. The maximum Gasteiger partial charge on any atom is 0.269 e. The second kappa shape index (κ2) is 9.71. The van der Waals surface area contributed by atoms with Gasteiger partial charge in [0.05, 0.1) is 19.4 Å². The smallest absolute Gasteiger partial charge is 0.269 e. The molecule has 35 heavy (non-hydrogen) atoms. The number of rotatable bonds is 5. The normalized spacial score (nSPS) is 16.3. The molecule has 0 unspecified atom stereocenters. The number of benzene rings is 1. The van der Waals surface area contributed by atoms with Crippen molar-refractivity contribution in [1.29, 1.82) is 0 Å². The van der Waals surface area contributed by atoms with Gasteiger partial charge in [-0.2, -0.15) is 4.98 Å². The van der Waals surface area contributed by atoms with Gasteiger partial charge < -0.3 is 30.3 Å². The van der Waals surface area contributed by atoms with E-state index in [4.69, 9.17) is 9.47 Å². The number of anilines is 6. The molecule has 1 fully saturated rings. The maximum absolute atomic E-state index is 14.4. The zero-order chi connectivity index (χ0) is 23.7. The third kappa shape index (κ3) is 5.24. The molecule has 0 bridgehead atoms. The first-order chi connectivity index (χ1) is 16.4. The molecule has 0 atom stereocenters. The molecular formula is C24H28FN7O3. The van der Waals surface area contributed by atoms with Gasteiger partial charge >= 0.3 is 0 Å². The van der Waals surface area contributed by atoms with E-state index in [2.05, 4.69) is 35.8 Å². The molecule has 3 N–H and O–H groups in total. The minimum Gasteiger partial charge on any atom is -0.474 e. The predicted octanol–water partition coefficient (Wildman–Crippen LogP) is 4.08. The average Bonchev–Trinajstić information content (AvgIpc) is 2.83. The van der Waals surface area contributed by atoms with E-state index < -0.39 is 11.4 Å². The quantitative estimate of drug-likeness (QED) is 0.496. The van der Waals surface area contributed by atoms with Crippen molar-refractivity contribution in [3.63, 3.8) is 0 Å². The Bertz CT molecular complexity index is 1210. The van der Waals surface area contributed by atoms with Gasteiger partial charge in [0.15, 0.2) is 28.8 Å². The van der Waals surface area contributed by atoms with E-state index in [1.165, 1.54) is 0 Å². The summed E-state index contributed by atoms with van der Waals surface area (Å²) in [6, 6.07) is 11.1. The van der Waals surface area contributed by atoms with Crippen molar-refractivity contribution in [3.8, 4) is 5.75 Å². The molecule has 1 amide bonds. The molecule has 10 nitrogen and oxygen atoms in total. The molecule has 0 spiro atoms. The first-order valence-electron chi connectivity index (χ1n) is 10.9. The lowest BCUT2D eigenvalue weighted by atomic mass is 10.1. The van der Waals surface area contributed by atoms with Crippen molar-refractivity contribution in [2.45, 2.75) is 26.9 Å². The highest BCUT2D eigenvalue weighted by Gasteiger charge is 2.36. The van der Waals surface area contributed by atoms with Gasteiger partial charge in [0.2, 0.25) is 5.95 Å². The lowest BCUT2D eigenvalue weighted by Gasteiger charge is -2.30. The van der Waals surface area contributed by atoms with Gasteiger partial charge in [-0.15, -0.1) is 0 Å². The summed E-state index contributed by atoms with van der Waals surface area (Å²) in [6.45, 7) is 6.47. The van der Waals surface area contributed by atoms with Crippen molar-refractivity contribution >= 4 is 40.7 Å². The summed E-state index contributed by atoms with van der Waals surface area (Å²) in [5, 5.41) is 8.62. The Kier molecular flexibility index (Phi) is 6.70. The zero-order valence-electron chi connectivity index (χ0n) is 18.8. The third-order valence-corrected chi connectivity index (χ3v) is 5.49. The molecule has 2 aliphatic heterocycles. The first-order valence-corrected chi connectivity index (χ1v) is 10.9. The van der Waals surface area contributed by atoms with Crippen LogP contribution in [0.1, 0.15) is 21.3 Å². The topological polar surface area (TPSA) is 114 Å². The molecule has 2 aromatic heterocycles. The molecule has 4 heterocycles. The van der Waals surface area contributed by atoms with E-state index in [0.717, 1.165) is 43.9 Å². The van der Waals surface area contributed by atoms with E-state index in [1.807, 2.05) is 24.3 Å². The van der Waals surface area contributed by atoms with Gasteiger partial charge in [-0.3, -0.25) is 4.79 Å². The Morgan fingerprint density at radius 1 is 1.06 bits per heavy atom. The third-order valence-electron chi connectivity index (χ3n) is 5.49. The van der Waals surface area contributed by atoms with Crippen LogP contribution in [0.3, 0.4) is 0 Å². The van der Waals surface area contributed by atoms with Crippen LogP contribution in [0, 0.1) is 5.82 Å². The van der Waals surface area contributed by atoms with E-state index >= 15 is 0 Å². The second-order valence-electron chi connectivity index (χ2n) is 8.40. The Morgan fingerprint density at radius 2 is 1.80 bits per heavy atom. The van der Waals surface area contributed by atoms with Gasteiger partial charge in [-0.25, -0.2) is 14.4 Å². The Labute approximate surface area is 202 Å². The molecule has 11 heteroatoms. The van der Waals surface area contributed by atoms with Gasteiger partial charge in [-0.05, 0) is 50.2 Å². The van der Waals surface area contributed by atoms with Crippen LogP contribution in [0.4, 0.5) is 39.2 Å². The number of carbonyl (C=O) groups excluding carboxylic acids is 1. The molecule has 1 saturated heterocycles. The van der Waals surface area contributed by atoms with Crippen LogP contribution < -0.4 is 25.6 Å². The molecule has 0 radical (unpaired) electrons. The van der Waals surface area contributed by atoms with Gasteiger partial charge in [0, 0.05) is 24.5 Å². The molecule has 184 valence electrons. The molecular weight excluding hydrogens is 453 g/mol. The van der Waals surface area contributed by atoms with E-state index in [9.17, 15) is 9.18 Å². The lowest BCUT2D eigenvalue weighted by Crippen LogP contribution is -2.46. The number of morpholine rings is 1. The van der Waals surface area contributed by atoms with Crippen molar-refractivity contribution < 1.29 is 18.7 Å². The van der Waals surface area contributed by atoms with Crippen molar-refractivity contribution in [2.24, 2.45) is 0 Å². The monoisotopic (exact) mass is 481 g/mol. The number of nitrogens with one attached hydrogen (secondary N) is 3. The van der Waals surface area contributed by atoms with Crippen LogP contribution in [0.25, 0.3) is 0 Å². The summed E-state index contributed by atoms with van der Waals surface area (Å²) < 4.78 is 25.5. The van der Waals surface area contributed by atoms with Crippen molar-refractivity contribution in [3.05, 3.63) is 48.4 Å².